The Morgan fingerprint density at radius 3 is 1.85 bits per heavy atom. The van der Waals surface area contributed by atoms with E-state index in [0.29, 0.717) is 11.0 Å². The van der Waals surface area contributed by atoms with Gasteiger partial charge in [0.1, 0.15) is 6.54 Å². The maximum atomic E-state index is 13.2. The van der Waals surface area contributed by atoms with Gasteiger partial charge in [-0.25, -0.2) is 0 Å². The average Bonchev–Trinajstić information content (AvgIpc) is 2.64. The molecule has 2 heteroatoms. The minimum absolute atomic E-state index is 0.200. The van der Waals surface area contributed by atoms with Crippen molar-refractivity contribution in [3.8, 4) is 0 Å². The summed E-state index contributed by atoms with van der Waals surface area (Å²) in [7, 11) is 6.18. The third-order valence-corrected chi connectivity index (χ3v) is 5.43. The van der Waals surface area contributed by atoms with Crippen LogP contribution in [0.2, 0.25) is 0 Å². The van der Waals surface area contributed by atoms with Crippen LogP contribution >= 0.6 is 0 Å². The van der Waals surface area contributed by atoms with E-state index >= 15 is 0 Å². The molecule has 0 fully saturated rings. The maximum absolute atomic E-state index is 13.2. The molecule has 0 atom stereocenters. The highest BCUT2D eigenvalue weighted by Gasteiger charge is 2.22. The van der Waals surface area contributed by atoms with E-state index in [1.165, 1.54) is 37.7 Å². The fourth-order valence-corrected chi connectivity index (χ4v) is 4.41. The van der Waals surface area contributed by atoms with E-state index in [1.807, 2.05) is 6.07 Å². The number of carbonyl (C=O) groups excluding carboxylic acids is 1. The van der Waals surface area contributed by atoms with Gasteiger partial charge in [0.2, 0.25) is 5.78 Å². The fourth-order valence-electron chi connectivity index (χ4n) is 4.41. The first-order valence-electron chi connectivity index (χ1n) is 9.36. The number of likely N-dealkylation sites (N-methyl/N-ethyl adjacent to an activating group) is 1. The van der Waals surface area contributed by atoms with Crippen LogP contribution in [-0.2, 0) is 0 Å². The van der Waals surface area contributed by atoms with Crippen LogP contribution in [-0.4, -0.2) is 38.0 Å². The quantitative estimate of drug-likeness (QED) is 0.178. The Morgan fingerprint density at radius 1 is 0.667 bits per heavy atom. The van der Waals surface area contributed by atoms with Crippen molar-refractivity contribution in [3.05, 3.63) is 72.3 Å². The number of hydrogen-bond donors (Lipinski definition) is 0. The number of nitrogens with zero attached hydrogens (tertiary/aromatic N) is 1. The number of fused-ring (bicyclic) bond motifs is 2. The molecule has 5 rings (SSSR count). The van der Waals surface area contributed by atoms with Crippen LogP contribution in [0, 0.1) is 0 Å². The summed E-state index contributed by atoms with van der Waals surface area (Å²) >= 11 is 0. The van der Waals surface area contributed by atoms with E-state index in [2.05, 4.69) is 81.8 Å². The van der Waals surface area contributed by atoms with Crippen LogP contribution in [0.15, 0.2) is 66.7 Å². The second-order valence-corrected chi connectivity index (χ2v) is 8.47. The highest BCUT2D eigenvalue weighted by molar-refractivity contribution is 6.35. The van der Waals surface area contributed by atoms with Gasteiger partial charge < -0.3 is 4.48 Å². The summed E-state index contributed by atoms with van der Waals surface area (Å²) in [5.41, 5.74) is 0.838. The molecule has 0 aromatic heterocycles. The Kier molecular flexibility index (Phi) is 3.31. The van der Waals surface area contributed by atoms with Gasteiger partial charge in [0.05, 0.1) is 21.1 Å². The zero-order valence-electron chi connectivity index (χ0n) is 15.9. The largest absolute Gasteiger partial charge is 0.324 e. The van der Waals surface area contributed by atoms with Crippen LogP contribution in [0.25, 0.3) is 43.1 Å². The lowest BCUT2D eigenvalue weighted by atomic mass is 9.87. The Morgan fingerprint density at radius 2 is 1.22 bits per heavy atom. The molecule has 0 aliphatic rings. The summed E-state index contributed by atoms with van der Waals surface area (Å²) in [5.74, 6) is 0.200. The van der Waals surface area contributed by atoms with Crippen molar-refractivity contribution in [2.24, 2.45) is 0 Å². The molecule has 0 saturated carbocycles. The van der Waals surface area contributed by atoms with Crippen molar-refractivity contribution in [1.82, 2.24) is 0 Å². The number of benzene rings is 5. The standard InChI is InChI=1S/C25H22NO/c1-26(2,3)15-22(27)20-14-13-17-9-5-11-19-18-10-4-7-16-8-6-12-21(23(16)18)25(20)24(17)19/h4-14H,15H2,1-3H3/q+1. The fraction of sp³-hybridized carbons (Fsp3) is 0.160. The summed E-state index contributed by atoms with van der Waals surface area (Å²) in [6, 6.07) is 23.5. The van der Waals surface area contributed by atoms with Crippen molar-refractivity contribution in [2.75, 3.05) is 27.7 Å². The molecule has 0 aliphatic carbocycles. The zero-order chi connectivity index (χ0) is 18.8. The second kappa shape index (κ2) is 5.51. The van der Waals surface area contributed by atoms with E-state index in [4.69, 9.17) is 0 Å². The Labute approximate surface area is 158 Å². The van der Waals surface area contributed by atoms with Gasteiger partial charge in [0.15, 0.2) is 0 Å². The normalized spacial score (nSPS) is 12.6. The van der Waals surface area contributed by atoms with Gasteiger partial charge in [-0.05, 0) is 43.8 Å². The predicted molar refractivity (Wildman–Crippen MR) is 115 cm³/mol. The first kappa shape index (κ1) is 16.2. The van der Waals surface area contributed by atoms with Gasteiger partial charge in [-0.15, -0.1) is 0 Å². The summed E-state index contributed by atoms with van der Waals surface area (Å²) in [6.45, 7) is 0.484. The number of ketones is 1. The van der Waals surface area contributed by atoms with E-state index in [-0.39, 0.29) is 5.78 Å². The smallest absolute Gasteiger partial charge is 0.217 e. The van der Waals surface area contributed by atoms with Crippen molar-refractivity contribution in [3.63, 3.8) is 0 Å². The molecule has 5 aromatic carbocycles. The highest BCUT2D eigenvalue weighted by Crippen LogP contribution is 2.41. The molecular formula is C25H22NO+. The second-order valence-electron chi connectivity index (χ2n) is 8.47. The molecule has 0 bridgehead atoms. The molecule has 0 saturated heterocycles. The lowest BCUT2D eigenvalue weighted by Gasteiger charge is -2.23. The highest BCUT2D eigenvalue weighted by atomic mass is 16.1. The monoisotopic (exact) mass is 352 g/mol. The molecule has 0 unspecified atom stereocenters. The Hall–Kier alpha value is -2.97. The van der Waals surface area contributed by atoms with Crippen molar-refractivity contribution >= 4 is 48.9 Å². The zero-order valence-corrected chi connectivity index (χ0v) is 15.9. The van der Waals surface area contributed by atoms with Crippen molar-refractivity contribution in [1.29, 1.82) is 0 Å². The van der Waals surface area contributed by atoms with E-state index in [1.54, 1.807) is 0 Å². The molecule has 0 heterocycles. The summed E-state index contributed by atoms with van der Waals surface area (Å²) in [5, 5.41) is 9.64. The topological polar surface area (TPSA) is 17.1 Å². The van der Waals surface area contributed by atoms with Gasteiger partial charge in [-0.2, -0.15) is 0 Å². The third-order valence-electron chi connectivity index (χ3n) is 5.43. The molecule has 27 heavy (non-hydrogen) atoms. The van der Waals surface area contributed by atoms with Crippen LogP contribution in [0.5, 0.6) is 0 Å². The van der Waals surface area contributed by atoms with Crippen molar-refractivity contribution in [2.45, 2.75) is 0 Å². The van der Waals surface area contributed by atoms with Gasteiger partial charge in [0, 0.05) is 10.9 Å². The Balaban J connectivity index is 2.02. The minimum atomic E-state index is 0.200. The number of carbonyl (C=O) groups is 1. The van der Waals surface area contributed by atoms with Gasteiger partial charge in [0.25, 0.3) is 0 Å². The first-order valence-corrected chi connectivity index (χ1v) is 9.36. The minimum Gasteiger partial charge on any atom is -0.324 e. The molecule has 0 radical (unpaired) electrons. The summed E-state index contributed by atoms with van der Waals surface area (Å²) in [6.07, 6.45) is 0. The van der Waals surface area contributed by atoms with Crippen molar-refractivity contribution < 1.29 is 9.28 Å². The Bertz CT molecular complexity index is 1340. The van der Waals surface area contributed by atoms with Gasteiger partial charge >= 0.3 is 0 Å². The average molecular weight is 352 g/mol. The molecule has 0 aliphatic heterocycles. The van der Waals surface area contributed by atoms with Gasteiger partial charge in [-0.3, -0.25) is 4.79 Å². The number of rotatable bonds is 3. The lowest BCUT2D eigenvalue weighted by Crippen LogP contribution is -2.39. The van der Waals surface area contributed by atoms with E-state index in [9.17, 15) is 4.79 Å². The third kappa shape index (κ3) is 2.41. The molecule has 5 aromatic rings. The predicted octanol–water partition coefficient (Wildman–Crippen LogP) is 5.63. The van der Waals surface area contributed by atoms with E-state index in [0.717, 1.165) is 10.9 Å². The maximum Gasteiger partial charge on any atom is 0.217 e. The van der Waals surface area contributed by atoms with Crippen LogP contribution in [0.4, 0.5) is 0 Å². The van der Waals surface area contributed by atoms with Crippen LogP contribution < -0.4 is 0 Å². The lowest BCUT2D eigenvalue weighted by molar-refractivity contribution is -0.861. The van der Waals surface area contributed by atoms with Gasteiger partial charge in [-0.1, -0.05) is 60.7 Å². The summed E-state index contributed by atoms with van der Waals surface area (Å²) in [4.78, 5) is 13.2. The molecule has 0 spiro atoms. The molecular weight excluding hydrogens is 330 g/mol. The molecule has 0 amide bonds. The van der Waals surface area contributed by atoms with Crippen LogP contribution in [0.1, 0.15) is 10.4 Å². The molecule has 0 N–H and O–H groups in total. The molecule has 2 nitrogen and oxygen atoms in total. The first-order chi connectivity index (χ1) is 12.9. The summed E-state index contributed by atoms with van der Waals surface area (Å²) < 4.78 is 0.624. The molecule has 132 valence electrons. The van der Waals surface area contributed by atoms with Crippen LogP contribution in [0.3, 0.4) is 0 Å². The number of Topliss-reactive ketones (excluding diaryl/α,β-unsaturated/α-hetero) is 1. The number of quaternary nitrogens is 1. The number of hydrogen-bond acceptors (Lipinski definition) is 1. The SMILES string of the molecule is C[N+](C)(C)CC(=O)c1ccc2cccc3c4cccc5cccc(c1c23)c54. The van der Waals surface area contributed by atoms with E-state index < -0.39 is 0 Å².